The largest absolute Gasteiger partial charge is 0.496 e. The highest BCUT2D eigenvalue weighted by atomic mass is 32.2. The van der Waals surface area contributed by atoms with Crippen LogP contribution in [-0.2, 0) is 5.75 Å². The Kier molecular flexibility index (Phi) is 7.38. The lowest BCUT2D eigenvalue weighted by atomic mass is 10.1. The molecule has 2 aromatic carbocycles. The van der Waals surface area contributed by atoms with Gasteiger partial charge in [-0.05, 0) is 50.6 Å². The minimum absolute atomic E-state index is 0.0230. The molecule has 0 saturated heterocycles. The number of nitrogens with one attached hydrogen (secondary N) is 1. The summed E-state index contributed by atoms with van der Waals surface area (Å²) in [6.07, 6.45) is 2.04. The summed E-state index contributed by atoms with van der Waals surface area (Å²) in [7, 11) is 1.67. The summed E-state index contributed by atoms with van der Waals surface area (Å²) in [5, 5.41) is 3.06. The van der Waals surface area contributed by atoms with E-state index in [9.17, 15) is 4.79 Å². The number of aryl methyl sites for hydroxylation is 1. The van der Waals surface area contributed by atoms with Gasteiger partial charge in [-0.15, -0.1) is 11.8 Å². The summed E-state index contributed by atoms with van der Waals surface area (Å²) in [6, 6.07) is 14.3. The second-order valence-electron chi connectivity index (χ2n) is 6.29. The molecule has 2 rings (SSSR count). The van der Waals surface area contributed by atoms with Crippen LogP contribution in [0.15, 0.2) is 47.4 Å². The number of methoxy groups -OCH3 is 1. The van der Waals surface area contributed by atoms with E-state index in [1.165, 1.54) is 10.5 Å². The molecule has 0 aromatic heterocycles. The highest BCUT2D eigenvalue weighted by molar-refractivity contribution is 7.98. The van der Waals surface area contributed by atoms with Gasteiger partial charge in [-0.1, -0.05) is 31.0 Å². The molecule has 1 amide bonds. The Balaban J connectivity index is 2.10. The number of hydrogen-bond donors (Lipinski definition) is 1. The van der Waals surface area contributed by atoms with E-state index in [4.69, 9.17) is 4.74 Å². The van der Waals surface area contributed by atoms with Crippen molar-refractivity contribution in [2.24, 2.45) is 0 Å². The summed E-state index contributed by atoms with van der Waals surface area (Å²) in [5.41, 5.74) is 2.97. The molecule has 2 aromatic rings. The number of amides is 1. The van der Waals surface area contributed by atoms with E-state index < -0.39 is 0 Å². The van der Waals surface area contributed by atoms with Gasteiger partial charge >= 0.3 is 0 Å². The number of carbonyl (C=O) groups is 1. The topological polar surface area (TPSA) is 38.3 Å². The number of ether oxygens (including phenoxy) is 1. The van der Waals surface area contributed by atoms with Crippen molar-refractivity contribution in [2.75, 3.05) is 7.11 Å². The maximum absolute atomic E-state index is 12.4. The summed E-state index contributed by atoms with van der Waals surface area (Å²) in [4.78, 5) is 13.6. The maximum atomic E-state index is 12.4. The van der Waals surface area contributed by atoms with Crippen LogP contribution >= 0.6 is 11.8 Å². The van der Waals surface area contributed by atoms with Crippen molar-refractivity contribution in [2.45, 2.75) is 50.3 Å². The van der Waals surface area contributed by atoms with Crippen molar-refractivity contribution in [3.05, 3.63) is 59.2 Å². The predicted octanol–water partition coefficient (Wildman–Crippen LogP) is 5.21. The molecule has 134 valence electrons. The van der Waals surface area contributed by atoms with Crippen LogP contribution in [0.2, 0.25) is 0 Å². The maximum Gasteiger partial charge on any atom is 0.251 e. The van der Waals surface area contributed by atoms with Gasteiger partial charge in [0.05, 0.1) is 7.11 Å². The van der Waals surface area contributed by atoms with Crippen LogP contribution in [0.1, 0.15) is 48.2 Å². The summed E-state index contributed by atoms with van der Waals surface area (Å²) < 4.78 is 5.46. The van der Waals surface area contributed by atoms with Crippen LogP contribution in [0.4, 0.5) is 0 Å². The van der Waals surface area contributed by atoms with Crippen molar-refractivity contribution in [3.8, 4) is 5.75 Å². The smallest absolute Gasteiger partial charge is 0.251 e. The zero-order chi connectivity index (χ0) is 18.2. The lowest BCUT2D eigenvalue weighted by molar-refractivity contribution is 0.0938. The second-order valence-corrected chi connectivity index (χ2v) is 7.34. The Morgan fingerprint density at radius 2 is 1.92 bits per heavy atom. The zero-order valence-corrected chi connectivity index (χ0v) is 16.3. The van der Waals surface area contributed by atoms with E-state index in [1.54, 1.807) is 18.9 Å². The number of benzene rings is 2. The SMILES string of the molecule is CCC[C@@H](C)NC(=O)c1ccc(OC)c(CSc2ccc(C)cc2)c1. The van der Waals surface area contributed by atoms with Gasteiger partial charge in [0.15, 0.2) is 0 Å². The van der Waals surface area contributed by atoms with Crippen LogP contribution < -0.4 is 10.1 Å². The van der Waals surface area contributed by atoms with Crippen molar-refractivity contribution < 1.29 is 9.53 Å². The Bertz CT molecular complexity index is 698. The van der Waals surface area contributed by atoms with Gasteiger partial charge in [0.25, 0.3) is 5.91 Å². The molecule has 0 saturated carbocycles. The Hall–Kier alpha value is -1.94. The van der Waals surface area contributed by atoms with Crippen LogP contribution in [0, 0.1) is 6.92 Å². The predicted molar refractivity (Wildman–Crippen MR) is 106 cm³/mol. The van der Waals surface area contributed by atoms with Crippen molar-refractivity contribution in [1.29, 1.82) is 0 Å². The van der Waals surface area contributed by atoms with Gasteiger partial charge in [0.1, 0.15) is 5.75 Å². The van der Waals surface area contributed by atoms with E-state index in [0.717, 1.165) is 29.9 Å². The summed E-state index contributed by atoms with van der Waals surface area (Å²) in [6.45, 7) is 6.24. The van der Waals surface area contributed by atoms with Crippen molar-refractivity contribution >= 4 is 17.7 Å². The van der Waals surface area contributed by atoms with Crippen LogP contribution in [-0.4, -0.2) is 19.1 Å². The average molecular weight is 358 g/mol. The first kappa shape index (κ1) is 19.4. The minimum Gasteiger partial charge on any atom is -0.496 e. The van der Waals surface area contributed by atoms with E-state index in [1.807, 2.05) is 25.1 Å². The van der Waals surface area contributed by atoms with Crippen LogP contribution in [0.25, 0.3) is 0 Å². The molecular formula is C21H27NO2S. The molecule has 3 nitrogen and oxygen atoms in total. The molecule has 1 N–H and O–H groups in total. The minimum atomic E-state index is -0.0230. The molecule has 0 radical (unpaired) electrons. The normalized spacial score (nSPS) is 11.8. The fourth-order valence-electron chi connectivity index (χ4n) is 2.64. The number of carbonyl (C=O) groups excluding carboxylic acids is 1. The Labute approximate surface area is 155 Å². The molecule has 0 fully saturated rings. The molecule has 1 atom stereocenters. The molecule has 0 aliphatic heterocycles. The van der Waals surface area contributed by atoms with Gasteiger partial charge < -0.3 is 10.1 Å². The first-order valence-electron chi connectivity index (χ1n) is 8.70. The fourth-order valence-corrected chi connectivity index (χ4v) is 3.52. The summed E-state index contributed by atoms with van der Waals surface area (Å²) in [5.74, 6) is 1.56. The zero-order valence-electron chi connectivity index (χ0n) is 15.5. The third kappa shape index (κ3) is 5.82. The van der Waals surface area contributed by atoms with Crippen molar-refractivity contribution in [3.63, 3.8) is 0 Å². The third-order valence-corrected chi connectivity index (χ3v) is 5.12. The molecule has 0 heterocycles. The van der Waals surface area contributed by atoms with Gasteiger partial charge in [-0.25, -0.2) is 0 Å². The van der Waals surface area contributed by atoms with E-state index in [0.29, 0.717) is 5.56 Å². The number of thioether (sulfide) groups is 1. The van der Waals surface area contributed by atoms with Gasteiger partial charge in [0.2, 0.25) is 0 Å². The molecule has 0 bridgehead atoms. The van der Waals surface area contributed by atoms with E-state index in [2.05, 4.69) is 43.4 Å². The van der Waals surface area contributed by atoms with E-state index in [-0.39, 0.29) is 11.9 Å². The highest BCUT2D eigenvalue weighted by Crippen LogP contribution is 2.29. The van der Waals surface area contributed by atoms with Gasteiger partial charge in [-0.2, -0.15) is 0 Å². The molecule has 0 aliphatic carbocycles. The van der Waals surface area contributed by atoms with Gasteiger partial charge in [0, 0.05) is 27.8 Å². The molecule has 0 aliphatic rings. The average Bonchev–Trinajstić information content (AvgIpc) is 2.61. The fraction of sp³-hybridized carbons (Fsp3) is 0.381. The monoisotopic (exact) mass is 357 g/mol. The first-order valence-corrected chi connectivity index (χ1v) is 9.69. The third-order valence-electron chi connectivity index (χ3n) is 4.06. The quantitative estimate of drug-likeness (QED) is 0.659. The standard InChI is InChI=1S/C21H27NO2S/c1-5-6-16(3)22-21(23)17-9-12-20(24-4)18(13-17)14-25-19-10-7-15(2)8-11-19/h7-13,16H,5-6,14H2,1-4H3,(H,22,23)/t16-/m1/s1. The Morgan fingerprint density at radius 1 is 1.20 bits per heavy atom. The van der Waals surface area contributed by atoms with Crippen molar-refractivity contribution in [1.82, 2.24) is 5.32 Å². The first-order chi connectivity index (χ1) is 12.0. The lowest BCUT2D eigenvalue weighted by Gasteiger charge is -2.14. The molecular weight excluding hydrogens is 330 g/mol. The van der Waals surface area contributed by atoms with Gasteiger partial charge in [-0.3, -0.25) is 4.79 Å². The molecule has 4 heteroatoms. The summed E-state index contributed by atoms with van der Waals surface area (Å²) >= 11 is 1.74. The molecule has 0 spiro atoms. The van der Waals surface area contributed by atoms with Crippen LogP contribution in [0.3, 0.4) is 0 Å². The lowest BCUT2D eigenvalue weighted by Crippen LogP contribution is -2.32. The number of rotatable bonds is 8. The molecule has 0 unspecified atom stereocenters. The Morgan fingerprint density at radius 3 is 2.56 bits per heavy atom. The highest BCUT2D eigenvalue weighted by Gasteiger charge is 2.12. The van der Waals surface area contributed by atoms with Crippen LogP contribution in [0.5, 0.6) is 5.75 Å². The number of hydrogen-bond acceptors (Lipinski definition) is 3. The van der Waals surface area contributed by atoms with E-state index >= 15 is 0 Å². The molecule has 25 heavy (non-hydrogen) atoms. The second kappa shape index (κ2) is 9.52.